The Morgan fingerprint density at radius 2 is 1.96 bits per heavy atom. The molecule has 1 amide bonds. The highest BCUT2D eigenvalue weighted by Crippen LogP contribution is 2.33. The normalized spacial score (nSPS) is 15.5. The highest BCUT2D eigenvalue weighted by atomic mass is 127. The number of rotatable bonds is 6. The van der Waals surface area contributed by atoms with Crippen LogP contribution in [0.1, 0.15) is 18.1 Å². The molecular weight excluding hydrogens is 493 g/mol. The Morgan fingerprint density at radius 1 is 1.22 bits per heavy atom. The number of carbonyl (C=O) groups is 1. The number of likely N-dealkylation sites (N-methyl/N-ethyl adjacent to an activating group) is 1. The van der Waals surface area contributed by atoms with Gasteiger partial charge in [0.05, 0.1) is 12.0 Å². The van der Waals surface area contributed by atoms with E-state index in [1.807, 2.05) is 55.5 Å². The van der Waals surface area contributed by atoms with E-state index in [-0.39, 0.29) is 5.91 Å². The number of benzene rings is 2. The van der Waals surface area contributed by atoms with Crippen LogP contribution in [0, 0.1) is 3.57 Å². The topological polar surface area (TPSA) is 38.8 Å². The van der Waals surface area contributed by atoms with Crippen LogP contribution in [0.25, 0.3) is 6.08 Å². The first-order valence-corrected chi connectivity index (χ1v) is 10.6. The summed E-state index contributed by atoms with van der Waals surface area (Å²) < 4.78 is 13.1. The first-order chi connectivity index (χ1) is 13.0. The lowest BCUT2D eigenvalue weighted by molar-refractivity contribution is -0.121. The summed E-state index contributed by atoms with van der Waals surface area (Å²) in [6, 6.07) is 13.7. The van der Waals surface area contributed by atoms with Crippen molar-refractivity contribution in [3.05, 3.63) is 62.1 Å². The van der Waals surface area contributed by atoms with Gasteiger partial charge in [0.15, 0.2) is 0 Å². The predicted octanol–water partition coefficient (Wildman–Crippen LogP) is 5.10. The number of hydrogen-bond acceptors (Lipinski definition) is 5. The molecule has 1 heterocycles. The van der Waals surface area contributed by atoms with E-state index in [1.165, 1.54) is 11.8 Å². The molecule has 1 saturated heterocycles. The molecule has 0 atom stereocenters. The Kier molecular flexibility index (Phi) is 6.78. The maximum Gasteiger partial charge on any atom is 0.266 e. The van der Waals surface area contributed by atoms with Gasteiger partial charge < -0.3 is 9.47 Å². The maximum absolute atomic E-state index is 12.4. The SMILES string of the molecule is CCN1C(=O)/C(=C\c2ccc(OC)c(COc3ccc(I)cc3)c2)SC1=S. The molecule has 0 saturated carbocycles. The van der Waals surface area contributed by atoms with Crippen LogP contribution in [0.15, 0.2) is 47.4 Å². The van der Waals surface area contributed by atoms with Crippen molar-refractivity contribution in [2.45, 2.75) is 13.5 Å². The minimum absolute atomic E-state index is 0.0417. The second-order valence-corrected chi connectivity index (χ2v) is 8.66. The predicted molar refractivity (Wildman–Crippen MR) is 122 cm³/mol. The third-order valence-corrected chi connectivity index (χ3v) is 6.10. The van der Waals surface area contributed by atoms with Crippen LogP contribution in [0.3, 0.4) is 0 Å². The molecule has 0 radical (unpaired) electrons. The Labute approximate surface area is 182 Å². The highest BCUT2D eigenvalue weighted by molar-refractivity contribution is 14.1. The first kappa shape index (κ1) is 20.2. The molecule has 1 fully saturated rings. The fourth-order valence-corrected chi connectivity index (χ4v) is 4.36. The molecule has 1 aliphatic rings. The van der Waals surface area contributed by atoms with Gasteiger partial charge >= 0.3 is 0 Å². The van der Waals surface area contributed by atoms with Crippen LogP contribution in [-0.2, 0) is 11.4 Å². The summed E-state index contributed by atoms with van der Waals surface area (Å²) in [5.41, 5.74) is 1.82. The summed E-state index contributed by atoms with van der Waals surface area (Å²) in [5, 5.41) is 0. The third kappa shape index (κ3) is 4.83. The fraction of sp³-hybridized carbons (Fsp3) is 0.200. The average Bonchev–Trinajstić information content (AvgIpc) is 2.94. The number of halogens is 1. The smallest absolute Gasteiger partial charge is 0.266 e. The number of nitrogens with zero attached hydrogens (tertiary/aromatic N) is 1. The van der Waals surface area contributed by atoms with Crippen molar-refractivity contribution in [2.75, 3.05) is 13.7 Å². The van der Waals surface area contributed by atoms with Gasteiger partial charge in [0.25, 0.3) is 5.91 Å². The average molecular weight is 511 g/mol. The number of ether oxygens (including phenoxy) is 2. The van der Waals surface area contributed by atoms with Gasteiger partial charge in [-0.15, -0.1) is 0 Å². The Hall–Kier alpha value is -1.58. The van der Waals surface area contributed by atoms with Crippen LogP contribution in [0.4, 0.5) is 0 Å². The van der Waals surface area contributed by atoms with Gasteiger partial charge in [-0.3, -0.25) is 9.69 Å². The maximum atomic E-state index is 12.4. The van der Waals surface area contributed by atoms with Crippen LogP contribution < -0.4 is 9.47 Å². The van der Waals surface area contributed by atoms with E-state index in [4.69, 9.17) is 21.7 Å². The molecule has 0 N–H and O–H groups in total. The van der Waals surface area contributed by atoms with Crippen molar-refractivity contribution in [1.82, 2.24) is 4.90 Å². The lowest BCUT2D eigenvalue weighted by atomic mass is 10.1. The summed E-state index contributed by atoms with van der Waals surface area (Å²) in [6.45, 7) is 2.88. The zero-order valence-electron chi connectivity index (χ0n) is 14.9. The third-order valence-electron chi connectivity index (χ3n) is 4.00. The number of thioether (sulfide) groups is 1. The van der Waals surface area contributed by atoms with Gasteiger partial charge in [0, 0.05) is 15.7 Å². The van der Waals surface area contributed by atoms with Gasteiger partial charge in [-0.05, 0) is 77.6 Å². The van der Waals surface area contributed by atoms with Crippen molar-refractivity contribution in [2.24, 2.45) is 0 Å². The minimum atomic E-state index is -0.0417. The zero-order valence-corrected chi connectivity index (χ0v) is 18.7. The van der Waals surface area contributed by atoms with Gasteiger partial charge in [-0.2, -0.15) is 0 Å². The minimum Gasteiger partial charge on any atom is -0.496 e. The van der Waals surface area contributed by atoms with Crippen molar-refractivity contribution < 1.29 is 14.3 Å². The molecule has 0 bridgehead atoms. The van der Waals surface area contributed by atoms with E-state index in [0.29, 0.717) is 22.4 Å². The molecule has 0 spiro atoms. The summed E-state index contributed by atoms with van der Waals surface area (Å²) in [4.78, 5) is 14.6. The Morgan fingerprint density at radius 3 is 2.59 bits per heavy atom. The fourth-order valence-electron chi connectivity index (χ4n) is 2.62. The van der Waals surface area contributed by atoms with Gasteiger partial charge in [0.1, 0.15) is 22.4 Å². The highest BCUT2D eigenvalue weighted by Gasteiger charge is 2.30. The van der Waals surface area contributed by atoms with Crippen molar-refractivity contribution in [3.63, 3.8) is 0 Å². The van der Waals surface area contributed by atoms with E-state index < -0.39 is 0 Å². The molecular formula is C20H18INO3S2. The molecule has 140 valence electrons. The van der Waals surface area contributed by atoms with E-state index >= 15 is 0 Å². The molecule has 0 aromatic heterocycles. The number of amides is 1. The number of methoxy groups -OCH3 is 1. The van der Waals surface area contributed by atoms with Crippen LogP contribution >= 0.6 is 46.6 Å². The van der Waals surface area contributed by atoms with Crippen molar-refractivity contribution in [3.8, 4) is 11.5 Å². The molecule has 0 aliphatic carbocycles. The lowest BCUT2D eigenvalue weighted by Crippen LogP contribution is -2.27. The van der Waals surface area contributed by atoms with Crippen molar-refractivity contribution >= 4 is 62.9 Å². The summed E-state index contributed by atoms with van der Waals surface area (Å²) >= 11 is 8.86. The molecule has 3 rings (SSSR count). The second kappa shape index (κ2) is 9.07. The van der Waals surface area contributed by atoms with Crippen molar-refractivity contribution in [1.29, 1.82) is 0 Å². The summed E-state index contributed by atoms with van der Waals surface area (Å²) in [6.07, 6.45) is 1.86. The van der Waals surface area contributed by atoms with E-state index in [1.54, 1.807) is 12.0 Å². The standard InChI is InChI=1S/C20H18INO3S2/c1-3-22-19(23)18(27-20(22)26)11-13-4-9-17(24-2)14(10-13)12-25-16-7-5-15(21)6-8-16/h4-11H,3,12H2,1-2H3/b18-11+. The van der Waals surface area contributed by atoms with Gasteiger partial charge in [0.2, 0.25) is 0 Å². The summed E-state index contributed by atoms with van der Waals surface area (Å²) in [5.74, 6) is 1.51. The number of hydrogen-bond donors (Lipinski definition) is 0. The molecule has 2 aromatic carbocycles. The van der Waals surface area contributed by atoms with Crippen LogP contribution in [0.2, 0.25) is 0 Å². The van der Waals surface area contributed by atoms with Crippen LogP contribution in [-0.4, -0.2) is 28.8 Å². The van der Waals surface area contributed by atoms with Crippen LogP contribution in [0.5, 0.6) is 11.5 Å². The number of thiocarbonyl (C=S) groups is 1. The van der Waals surface area contributed by atoms with E-state index in [9.17, 15) is 4.79 Å². The molecule has 1 aliphatic heterocycles. The molecule has 2 aromatic rings. The second-order valence-electron chi connectivity index (χ2n) is 5.74. The Balaban J connectivity index is 1.81. The van der Waals surface area contributed by atoms with Gasteiger partial charge in [-0.1, -0.05) is 30.0 Å². The monoisotopic (exact) mass is 511 g/mol. The molecule has 0 unspecified atom stereocenters. The van der Waals surface area contributed by atoms with E-state index in [0.717, 1.165) is 26.2 Å². The Bertz CT molecular complexity index is 897. The lowest BCUT2D eigenvalue weighted by Gasteiger charge is -2.12. The van der Waals surface area contributed by atoms with Gasteiger partial charge in [-0.25, -0.2) is 0 Å². The largest absolute Gasteiger partial charge is 0.496 e. The molecule has 4 nitrogen and oxygen atoms in total. The molecule has 7 heteroatoms. The summed E-state index contributed by atoms with van der Waals surface area (Å²) in [7, 11) is 1.63. The molecule has 27 heavy (non-hydrogen) atoms. The quantitative estimate of drug-likeness (QED) is 0.307. The number of carbonyl (C=O) groups excluding carboxylic acids is 1. The first-order valence-electron chi connectivity index (χ1n) is 8.32. The zero-order chi connectivity index (χ0) is 19.4. The van der Waals surface area contributed by atoms with E-state index in [2.05, 4.69) is 22.6 Å².